The minimum atomic E-state index is 0. The third-order valence-corrected chi connectivity index (χ3v) is 0.408. The zero-order chi connectivity index (χ0) is 6.83. The molecule has 13 heavy (non-hydrogen) atoms. The molecular weight excluding hydrogens is 411 g/mol. The van der Waals surface area contributed by atoms with Gasteiger partial charge in [0, 0.05) is 0 Å². The van der Waals surface area contributed by atoms with Crippen molar-refractivity contribution in [2.45, 2.75) is 42.5 Å². The molecule has 0 aromatic heterocycles. The molecule has 0 heterocycles. The van der Waals surface area contributed by atoms with Crippen molar-refractivity contribution in [2.75, 3.05) is 0 Å². The van der Waals surface area contributed by atoms with Gasteiger partial charge in [-0.2, -0.15) is 12.8 Å². The zero-order valence-corrected chi connectivity index (χ0v) is 12.5. The summed E-state index contributed by atoms with van der Waals surface area (Å²) >= 11 is 0. The van der Waals surface area contributed by atoms with Crippen LogP contribution in [0.1, 0.15) is 42.5 Å². The molecule has 0 atom stereocenters. The number of hydrogen-bond donors (Lipinski definition) is 0. The molecule has 0 aliphatic carbocycles. The van der Waals surface area contributed by atoms with Crippen molar-refractivity contribution in [1.29, 1.82) is 0 Å². The zero-order valence-electron chi connectivity index (χ0n) is 6.10. The van der Waals surface area contributed by atoms with Crippen LogP contribution in [-0.2, 0) is 0 Å². The summed E-state index contributed by atoms with van der Waals surface area (Å²) in [4.78, 5) is 0. The predicted molar refractivity (Wildman–Crippen MR) is 67.3 cm³/mol. The SMILES string of the molecule is C.C.C.C.C=CC[CH2-].C=CC[CH2-].[Rf]. The van der Waals surface area contributed by atoms with Crippen LogP contribution in [0.3, 0.4) is 0 Å². The minimum Gasteiger partial charge on any atom is -0.340 e. The van der Waals surface area contributed by atoms with E-state index in [1.54, 1.807) is 12.2 Å². The molecule has 0 aliphatic rings. The normalized spacial score (nSPS) is 3.85. The summed E-state index contributed by atoms with van der Waals surface area (Å²) < 4.78 is 0. The Bertz CT molecular complexity index is 41.1. The van der Waals surface area contributed by atoms with Gasteiger partial charge in [-0.1, -0.05) is 29.7 Å². The van der Waals surface area contributed by atoms with Gasteiger partial charge < -0.3 is 13.8 Å². The molecule has 0 aromatic rings. The smallest absolute Gasteiger partial charge is 0 e. The van der Waals surface area contributed by atoms with Gasteiger partial charge in [-0.05, 0) is 0 Å². The maximum Gasteiger partial charge on any atom is 0 e. The molecule has 0 amide bonds. The molecule has 0 nitrogen and oxygen atoms in total. The Hall–Kier alpha value is -1.52. The summed E-state index contributed by atoms with van der Waals surface area (Å²) in [5.74, 6) is 0. The van der Waals surface area contributed by atoms with Crippen LogP contribution in [-0.4, -0.2) is 0 Å². The summed E-state index contributed by atoms with van der Waals surface area (Å²) in [5, 5.41) is 0. The van der Waals surface area contributed by atoms with E-state index in [2.05, 4.69) is 27.0 Å². The molecule has 0 aliphatic heterocycles. The molecule has 0 saturated carbocycles. The first-order chi connectivity index (χ1) is 3.83. The molecule has 0 unspecified atom stereocenters. The van der Waals surface area contributed by atoms with Crippen molar-refractivity contribution in [1.82, 2.24) is 0 Å². The Morgan fingerprint density at radius 3 is 0.846 bits per heavy atom. The van der Waals surface area contributed by atoms with Crippen LogP contribution in [0.2, 0.25) is 0 Å². The van der Waals surface area contributed by atoms with Crippen LogP contribution in [0.25, 0.3) is 0 Å². The van der Waals surface area contributed by atoms with Gasteiger partial charge in [0.15, 0.2) is 0 Å². The fourth-order valence-electron chi connectivity index (χ4n) is 0. The first-order valence-corrected chi connectivity index (χ1v) is 2.63. The van der Waals surface area contributed by atoms with Crippen LogP contribution in [0.15, 0.2) is 25.3 Å². The van der Waals surface area contributed by atoms with E-state index in [1.807, 2.05) is 0 Å². The monoisotopic (exact) mass is 441 g/mol. The molecule has 82 valence electrons. The van der Waals surface area contributed by atoms with Gasteiger partial charge in [0.1, 0.15) is 0 Å². The third kappa shape index (κ3) is 3270. The molecule has 0 fully saturated rings. The summed E-state index contributed by atoms with van der Waals surface area (Å²) in [6, 6.07) is 0. The Kier molecular flexibility index (Phi) is 740. The first-order valence-electron chi connectivity index (χ1n) is 2.63. The Morgan fingerprint density at radius 2 is 0.846 bits per heavy atom. The van der Waals surface area contributed by atoms with Crippen molar-refractivity contribution in [3.63, 3.8) is 0 Å². The van der Waals surface area contributed by atoms with E-state index in [1.165, 1.54) is 0 Å². The van der Waals surface area contributed by atoms with Crippen LogP contribution in [0, 0.1) is 13.8 Å². The van der Waals surface area contributed by atoms with Gasteiger partial charge in [0.25, 0.3) is 0 Å². The second kappa shape index (κ2) is 153. The quantitative estimate of drug-likeness (QED) is 0.401. The minimum absolute atomic E-state index is 0. The molecule has 0 bridgehead atoms. The van der Waals surface area contributed by atoms with Crippen LogP contribution >= 0.6 is 0 Å². The third-order valence-electron chi connectivity index (χ3n) is 0.408. The van der Waals surface area contributed by atoms with Crippen LogP contribution in [0.4, 0.5) is 0 Å². The van der Waals surface area contributed by atoms with E-state index >= 15 is 0 Å². The van der Waals surface area contributed by atoms with E-state index in [0.717, 1.165) is 12.8 Å². The van der Waals surface area contributed by atoms with Crippen molar-refractivity contribution in [3.8, 4) is 0 Å². The second-order valence-corrected chi connectivity index (χ2v) is 1.15. The van der Waals surface area contributed by atoms with Gasteiger partial charge in [-0.25, -0.2) is 0 Å². The van der Waals surface area contributed by atoms with E-state index in [9.17, 15) is 0 Å². The van der Waals surface area contributed by atoms with E-state index in [-0.39, 0.29) is 29.7 Å². The fourth-order valence-corrected chi connectivity index (χ4v) is 0. The van der Waals surface area contributed by atoms with Crippen molar-refractivity contribution in [2.24, 2.45) is 0 Å². The van der Waals surface area contributed by atoms with E-state index in [0.29, 0.717) is 0 Å². The number of hydrogen-bond acceptors (Lipinski definition) is 0. The molecule has 0 aromatic carbocycles. The van der Waals surface area contributed by atoms with E-state index < -0.39 is 0 Å². The number of allylic oxidation sites excluding steroid dienone is 2. The molecule has 0 radical (unpaired) electrons. The van der Waals surface area contributed by atoms with Crippen LogP contribution in [0.5, 0.6) is 0 Å². The maximum atomic E-state index is 3.49. The summed E-state index contributed by atoms with van der Waals surface area (Å²) in [7, 11) is 0. The van der Waals surface area contributed by atoms with Gasteiger partial charge in [-0.3, -0.25) is 0 Å². The van der Waals surface area contributed by atoms with Gasteiger partial charge >= 0.3 is 0 Å². The molecule has 0 rings (SSSR count). The summed E-state index contributed by atoms with van der Waals surface area (Å²) in [5.41, 5.74) is 0. The average Bonchev–Trinajstić information content (AvgIpc) is 1.88. The topological polar surface area (TPSA) is 0 Å². The van der Waals surface area contributed by atoms with Crippen LogP contribution < -0.4 is 0 Å². The van der Waals surface area contributed by atoms with Gasteiger partial charge in [0.2, 0.25) is 0 Å². The summed E-state index contributed by atoms with van der Waals surface area (Å²) in [6.45, 7) is 13.8. The van der Waals surface area contributed by atoms with Crippen molar-refractivity contribution in [3.05, 3.63) is 39.2 Å². The Morgan fingerprint density at radius 1 is 0.769 bits per heavy atom. The molecule has 1 heteroatoms. The first kappa shape index (κ1) is 62.8. The molecule has 0 spiro atoms. The Labute approximate surface area is 82.4 Å². The largest absolute Gasteiger partial charge is 0.340 e. The molecule has 0 N–H and O–H groups in total. The molecule has 0 saturated heterocycles. The Balaban J connectivity index is -0.00000000800. The van der Waals surface area contributed by atoms with Gasteiger partial charge in [0.05, 0.1) is 0 Å². The predicted octanol–water partition coefficient (Wildman–Crippen LogP) is 5.34. The second-order valence-electron chi connectivity index (χ2n) is 1.15. The maximum absolute atomic E-state index is 3.49. The van der Waals surface area contributed by atoms with Gasteiger partial charge in [-0.15, -0.1) is 25.3 Å². The summed E-state index contributed by atoms with van der Waals surface area (Å²) in [6.07, 6.45) is 5.19. The van der Waals surface area contributed by atoms with Crippen molar-refractivity contribution >= 4 is 0 Å². The van der Waals surface area contributed by atoms with Crippen molar-refractivity contribution < 1.29 is 0 Å². The standard InChI is InChI=1S/2C4H7.4CH4.Rf/c2*1-3-4-2;;;;;/h2*3H,1-2,4H2;4*1H4;/q2*-1;;;;;. The average molecular weight is 441 g/mol. The fraction of sp³-hybridized carbons (Fsp3) is 0.500. The van der Waals surface area contributed by atoms with E-state index in [4.69, 9.17) is 0 Å². The number of rotatable bonds is 2. The molecular formula is C12H30Rf-2.